The molecule has 1 fully saturated rings. The Morgan fingerprint density at radius 2 is 1.59 bits per heavy atom. The summed E-state index contributed by atoms with van der Waals surface area (Å²) in [5.74, 6) is -2.58. The number of halogens is 3. The van der Waals surface area contributed by atoms with Crippen LogP contribution in [0.1, 0.15) is 55.3 Å². The van der Waals surface area contributed by atoms with Crippen LogP contribution in [0.4, 0.5) is 19.0 Å². The van der Waals surface area contributed by atoms with Crippen LogP contribution in [0.2, 0.25) is 0 Å². The highest BCUT2D eigenvalue weighted by Gasteiger charge is 2.59. The molecule has 3 aromatic rings. The number of rotatable bonds is 7. The predicted octanol–water partition coefficient (Wildman–Crippen LogP) is 6.28. The molecule has 5 atom stereocenters. The van der Waals surface area contributed by atoms with Crippen molar-refractivity contribution in [3.63, 3.8) is 0 Å². The Bertz CT molecular complexity index is 1380. The largest absolute Gasteiger partial charge is 0.480 e. The molecule has 1 aromatic heterocycles. The Morgan fingerprint density at radius 1 is 1.00 bits per heavy atom. The Morgan fingerprint density at radius 3 is 2.10 bits per heavy atom. The van der Waals surface area contributed by atoms with Gasteiger partial charge in [0.2, 0.25) is 0 Å². The lowest BCUT2D eigenvalue weighted by atomic mass is 9.72. The van der Waals surface area contributed by atoms with E-state index in [1.54, 1.807) is 60.7 Å². The average molecular weight is 570 g/mol. The first-order valence-electron chi connectivity index (χ1n) is 13.2. The number of carbonyl (C=O) groups is 2. The molecule has 218 valence electrons. The summed E-state index contributed by atoms with van der Waals surface area (Å²) in [7, 11) is 1.38. The highest BCUT2D eigenvalue weighted by atomic mass is 19.4. The van der Waals surface area contributed by atoms with E-state index in [1.807, 2.05) is 20.8 Å². The second-order valence-electron chi connectivity index (χ2n) is 11.4. The lowest BCUT2D eigenvalue weighted by Gasteiger charge is -2.35. The zero-order valence-corrected chi connectivity index (χ0v) is 23.5. The van der Waals surface area contributed by atoms with E-state index in [9.17, 15) is 27.9 Å². The van der Waals surface area contributed by atoms with Gasteiger partial charge in [-0.15, -0.1) is 0 Å². The number of carboxylic acid groups (broad SMARTS) is 1. The lowest BCUT2D eigenvalue weighted by molar-refractivity contribution is -0.157. The number of aryl methyl sites for hydroxylation is 1. The maximum absolute atomic E-state index is 14.3. The van der Waals surface area contributed by atoms with Crippen molar-refractivity contribution in [1.82, 2.24) is 9.88 Å². The first-order valence-corrected chi connectivity index (χ1v) is 13.2. The van der Waals surface area contributed by atoms with E-state index in [2.05, 4.69) is 10.3 Å². The molecule has 4 rings (SSSR count). The zero-order valence-electron chi connectivity index (χ0n) is 23.5. The predicted molar refractivity (Wildman–Crippen MR) is 148 cm³/mol. The van der Waals surface area contributed by atoms with Crippen LogP contribution in [0, 0.1) is 18.3 Å². The number of amides is 1. The number of hydrogen-bond donors (Lipinski definition) is 2. The van der Waals surface area contributed by atoms with Crippen LogP contribution in [-0.2, 0) is 20.5 Å². The van der Waals surface area contributed by atoms with Crippen LogP contribution in [0.3, 0.4) is 0 Å². The fraction of sp³-hybridized carbons (Fsp3) is 0.387. The van der Waals surface area contributed by atoms with Gasteiger partial charge in [-0.3, -0.25) is 4.79 Å². The van der Waals surface area contributed by atoms with E-state index in [0.29, 0.717) is 11.1 Å². The average Bonchev–Trinajstić information content (AvgIpc) is 3.25. The molecule has 7 nitrogen and oxygen atoms in total. The molecular formula is C31H34F3N3O4. The highest BCUT2D eigenvalue weighted by Crippen LogP contribution is 2.50. The molecule has 0 aliphatic carbocycles. The number of likely N-dealkylation sites (tertiary alicyclic amines) is 1. The van der Waals surface area contributed by atoms with Crippen LogP contribution in [0.15, 0.2) is 72.8 Å². The molecule has 2 heterocycles. The number of benzene rings is 2. The molecule has 0 saturated carbocycles. The van der Waals surface area contributed by atoms with E-state index < -0.39 is 59.2 Å². The summed E-state index contributed by atoms with van der Waals surface area (Å²) in [6, 6.07) is 16.5. The maximum Gasteiger partial charge on any atom is 0.416 e. The third-order valence-corrected chi connectivity index (χ3v) is 7.47. The van der Waals surface area contributed by atoms with E-state index in [0.717, 1.165) is 12.1 Å². The summed E-state index contributed by atoms with van der Waals surface area (Å²) >= 11 is 0. The summed E-state index contributed by atoms with van der Waals surface area (Å²) in [4.78, 5) is 33.0. The van der Waals surface area contributed by atoms with Crippen LogP contribution < -0.4 is 5.32 Å². The summed E-state index contributed by atoms with van der Waals surface area (Å²) in [5.41, 5.74) is -0.248. The third-order valence-electron chi connectivity index (χ3n) is 7.47. The molecule has 0 bridgehead atoms. The molecule has 0 radical (unpaired) electrons. The number of nitrogens with zero attached hydrogens (tertiary/aromatic N) is 2. The fourth-order valence-corrected chi connectivity index (χ4v) is 5.88. The number of carbonyl (C=O) groups excluding carboxylic acids is 1. The molecule has 1 aliphatic heterocycles. The van der Waals surface area contributed by atoms with E-state index in [-0.39, 0.29) is 11.5 Å². The van der Waals surface area contributed by atoms with Gasteiger partial charge in [0.05, 0.1) is 17.6 Å². The Kier molecular flexibility index (Phi) is 8.44. The number of anilines is 1. The number of aromatic nitrogens is 1. The Hall–Kier alpha value is -3.92. The minimum absolute atomic E-state index is 0.0534. The van der Waals surface area contributed by atoms with Crippen molar-refractivity contribution in [2.45, 2.75) is 58.1 Å². The molecule has 2 aromatic carbocycles. The minimum Gasteiger partial charge on any atom is -0.480 e. The van der Waals surface area contributed by atoms with Gasteiger partial charge < -0.3 is 20.1 Å². The second-order valence-corrected chi connectivity index (χ2v) is 11.4. The summed E-state index contributed by atoms with van der Waals surface area (Å²) < 4.78 is 46.7. The number of pyridine rings is 1. The monoisotopic (exact) mass is 569 g/mol. The van der Waals surface area contributed by atoms with Crippen LogP contribution in [-0.4, -0.2) is 46.1 Å². The fourth-order valence-electron chi connectivity index (χ4n) is 5.88. The van der Waals surface area contributed by atoms with Gasteiger partial charge in [0.25, 0.3) is 5.91 Å². The normalized spacial score (nSPS) is 21.9. The smallest absolute Gasteiger partial charge is 0.416 e. The van der Waals surface area contributed by atoms with E-state index in [1.165, 1.54) is 18.9 Å². The quantitative estimate of drug-likeness (QED) is 0.348. The Balaban J connectivity index is 1.92. The van der Waals surface area contributed by atoms with Crippen LogP contribution >= 0.6 is 0 Å². The summed E-state index contributed by atoms with van der Waals surface area (Å²) in [6.45, 7) is 7.03. The van der Waals surface area contributed by atoms with Gasteiger partial charge in [0.15, 0.2) is 6.10 Å². The van der Waals surface area contributed by atoms with Gasteiger partial charge >= 0.3 is 12.1 Å². The van der Waals surface area contributed by atoms with Crippen molar-refractivity contribution in [2.24, 2.45) is 11.3 Å². The summed E-state index contributed by atoms with van der Waals surface area (Å²) in [5, 5.41) is 13.8. The van der Waals surface area contributed by atoms with Gasteiger partial charge in [0.1, 0.15) is 11.9 Å². The number of carboxylic acids is 1. The van der Waals surface area contributed by atoms with Gasteiger partial charge in [0, 0.05) is 18.7 Å². The number of methoxy groups -OCH3 is 1. The van der Waals surface area contributed by atoms with Crippen molar-refractivity contribution in [1.29, 1.82) is 0 Å². The maximum atomic E-state index is 14.3. The lowest BCUT2D eigenvalue weighted by Crippen LogP contribution is -2.48. The minimum atomic E-state index is -4.60. The van der Waals surface area contributed by atoms with Crippen molar-refractivity contribution >= 4 is 17.7 Å². The van der Waals surface area contributed by atoms with Crippen molar-refractivity contribution < 1.29 is 32.6 Å². The molecule has 0 spiro atoms. The molecule has 1 aliphatic rings. The van der Waals surface area contributed by atoms with Crippen molar-refractivity contribution in [3.05, 3.63) is 95.2 Å². The van der Waals surface area contributed by atoms with E-state index in [4.69, 9.17) is 4.74 Å². The molecule has 10 heteroatoms. The van der Waals surface area contributed by atoms with Crippen molar-refractivity contribution in [3.8, 4) is 0 Å². The molecule has 0 unspecified atom stereocenters. The number of aliphatic carboxylic acids is 1. The highest BCUT2D eigenvalue weighted by molar-refractivity contribution is 5.89. The van der Waals surface area contributed by atoms with Crippen molar-refractivity contribution in [2.75, 3.05) is 12.4 Å². The van der Waals surface area contributed by atoms with Crippen LogP contribution in [0.25, 0.3) is 0 Å². The number of alkyl halides is 3. The molecule has 2 N–H and O–H groups in total. The van der Waals surface area contributed by atoms with Gasteiger partial charge in [-0.2, -0.15) is 13.2 Å². The first-order chi connectivity index (χ1) is 19.2. The number of ether oxygens (including phenoxy) is 1. The van der Waals surface area contributed by atoms with Gasteiger partial charge in [-0.05, 0) is 35.6 Å². The third kappa shape index (κ3) is 6.22. The molecule has 1 amide bonds. The second kappa shape index (κ2) is 11.5. The molecular weight excluding hydrogens is 535 g/mol. The standard InChI is InChI=1S/C31H34F3N3O4/c1-18-16-21(31(32,33)34)17-22(35-18)36-24-23(30(2,3)4)26(29(39)40)37(25(24)19-12-8-6-9-13-19)28(38)27(41-5)20-14-10-7-11-15-20/h6-17,23-27H,1-5H3,(H,35,36)(H,39,40)/t23-,24-,25-,26-,27-/m1/s1. The molecule has 1 saturated heterocycles. The number of hydrogen-bond acceptors (Lipinski definition) is 5. The van der Waals surface area contributed by atoms with E-state index >= 15 is 0 Å². The van der Waals surface area contributed by atoms with Gasteiger partial charge in [-0.25, -0.2) is 9.78 Å². The van der Waals surface area contributed by atoms with Gasteiger partial charge in [-0.1, -0.05) is 81.4 Å². The zero-order chi connectivity index (χ0) is 30.1. The van der Waals surface area contributed by atoms with Crippen LogP contribution in [0.5, 0.6) is 0 Å². The number of nitrogens with one attached hydrogen (secondary N) is 1. The topological polar surface area (TPSA) is 91.8 Å². The Labute approximate surface area is 237 Å². The first kappa shape index (κ1) is 30.0. The summed E-state index contributed by atoms with van der Waals surface area (Å²) in [6.07, 6.45) is -5.70. The SMILES string of the molecule is CO[C@@H](C(=O)N1[C@H](c2ccccc2)[C@H](Nc2cc(C(F)(F)F)cc(C)n2)[C@@H](C(C)(C)C)[C@@H]1C(=O)O)c1ccccc1. The molecule has 41 heavy (non-hydrogen) atoms.